The van der Waals surface area contributed by atoms with Crippen LogP contribution < -0.4 is 0 Å². The SMILES string of the molecule is CCCCCCC(CCCC#N)CCCCC. The smallest absolute Gasteiger partial charge is 0.0621 e. The van der Waals surface area contributed by atoms with E-state index in [9.17, 15) is 0 Å². The monoisotopic (exact) mass is 237 g/mol. The van der Waals surface area contributed by atoms with E-state index < -0.39 is 0 Å². The Bertz CT molecular complexity index is 180. The van der Waals surface area contributed by atoms with E-state index in [1.54, 1.807) is 0 Å². The third kappa shape index (κ3) is 11.7. The van der Waals surface area contributed by atoms with Crippen molar-refractivity contribution >= 4 is 0 Å². The summed E-state index contributed by atoms with van der Waals surface area (Å²) in [7, 11) is 0. The highest BCUT2D eigenvalue weighted by Gasteiger charge is 2.07. The van der Waals surface area contributed by atoms with E-state index in [1.165, 1.54) is 64.2 Å². The Hall–Kier alpha value is -0.510. The van der Waals surface area contributed by atoms with Crippen LogP contribution in [0, 0.1) is 17.2 Å². The molecule has 1 atom stereocenters. The van der Waals surface area contributed by atoms with Crippen molar-refractivity contribution in [2.45, 2.75) is 90.9 Å². The van der Waals surface area contributed by atoms with Gasteiger partial charge in [0, 0.05) is 6.42 Å². The van der Waals surface area contributed by atoms with Crippen LogP contribution >= 0.6 is 0 Å². The van der Waals surface area contributed by atoms with Gasteiger partial charge in [-0.3, -0.25) is 0 Å². The molecule has 100 valence electrons. The fraction of sp³-hybridized carbons (Fsp3) is 0.938. The zero-order valence-corrected chi connectivity index (χ0v) is 12.0. The number of unbranched alkanes of at least 4 members (excludes halogenated alkanes) is 6. The molecule has 1 unspecified atom stereocenters. The quantitative estimate of drug-likeness (QED) is 0.391. The van der Waals surface area contributed by atoms with E-state index in [0.29, 0.717) is 0 Å². The second kappa shape index (κ2) is 13.6. The van der Waals surface area contributed by atoms with E-state index in [4.69, 9.17) is 5.26 Å². The molecule has 0 bridgehead atoms. The normalized spacial score (nSPS) is 12.3. The van der Waals surface area contributed by atoms with Crippen LogP contribution in [0.25, 0.3) is 0 Å². The van der Waals surface area contributed by atoms with E-state index in [2.05, 4.69) is 19.9 Å². The Morgan fingerprint density at radius 3 is 1.88 bits per heavy atom. The predicted molar refractivity (Wildman–Crippen MR) is 75.9 cm³/mol. The van der Waals surface area contributed by atoms with Crippen LogP contribution in [-0.4, -0.2) is 0 Å². The van der Waals surface area contributed by atoms with E-state index in [-0.39, 0.29) is 0 Å². The molecule has 0 aliphatic heterocycles. The molecule has 0 aliphatic rings. The zero-order valence-electron chi connectivity index (χ0n) is 12.0. The number of hydrogen-bond donors (Lipinski definition) is 0. The lowest BCUT2D eigenvalue weighted by Gasteiger charge is -2.16. The zero-order chi connectivity index (χ0) is 12.8. The summed E-state index contributed by atoms with van der Waals surface area (Å²) in [5.74, 6) is 0.895. The Morgan fingerprint density at radius 2 is 1.29 bits per heavy atom. The van der Waals surface area contributed by atoms with Crippen LogP contribution in [0.1, 0.15) is 90.9 Å². The van der Waals surface area contributed by atoms with Gasteiger partial charge in [0.15, 0.2) is 0 Å². The Kier molecular flexibility index (Phi) is 13.1. The van der Waals surface area contributed by atoms with Gasteiger partial charge in [-0.25, -0.2) is 0 Å². The predicted octanol–water partition coefficient (Wildman–Crippen LogP) is 5.85. The summed E-state index contributed by atoms with van der Waals surface area (Å²) < 4.78 is 0. The fourth-order valence-corrected chi connectivity index (χ4v) is 2.45. The van der Waals surface area contributed by atoms with E-state index >= 15 is 0 Å². The highest BCUT2D eigenvalue weighted by molar-refractivity contribution is 4.70. The number of rotatable bonds is 12. The second-order valence-electron chi connectivity index (χ2n) is 5.26. The van der Waals surface area contributed by atoms with Gasteiger partial charge < -0.3 is 0 Å². The maximum atomic E-state index is 8.59. The first-order valence-corrected chi connectivity index (χ1v) is 7.72. The molecule has 0 aliphatic carbocycles. The van der Waals surface area contributed by atoms with Crippen molar-refractivity contribution in [3.05, 3.63) is 0 Å². The summed E-state index contributed by atoms with van der Waals surface area (Å²) in [6, 6.07) is 2.27. The van der Waals surface area contributed by atoms with Crippen LogP contribution in [0.4, 0.5) is 0 Å². The van der Waals surface area contributed by atoms with Crippen LogP contribution in [0.2, 0.25) is 0 Å². The number of nitriles is 1. The first-order chi connectivity index (χ1) is 8.35. The van der Waals surface area contributed by atoms with E-state index in [0.717, 1.165) is 18.8 Å². The van der Waals surface area contributed by atoms with Gasteiger partial charge in [0.1, 0.15) is 0 Å². The molecule has 0 saturated heterocycles. The van der Waals surface area contributed by atoms with Gasteiger partial charge in [-0.2, -0.15) is 5.26 Å². The van der Waals surface area contributed by atoms with Crippen molar-refractivity contribution in [1.82, 2.24) is 0 Å². The van der Waals surface area contributed by atoms with Gasteiger partial charge in [0.05, 0.1) is 6.07 Å². The third-order valence-corrected chi connectivity index (χ3v) is 3.58. The minimum atomic E-state index is 0.749. The molecule has 1 heteroatoms. The molecular weight excluding hydrogens is 206 g/mol. The molecule has 0 fully saturated rings. The van der Waals surface area contributed by atoms with Crippen molar-refractivity contribution < 1.29 is 0 Å². The Labute approximate surface area is 109 Å². The molecule has 0 aromatic rings. The largest absolute Gasteiger partial charge is 0.198 e. The minimum absolute atomic E-state index is 0.749. The molecule has 17 heavy (non-hydrogen) atoms. The van der Waals surface area contributed by atoms with Gasteiger partial charge >= 0.3 is 0 Å². The summed E-state index contributed by atoms with van der Waals surface area (Å²) >= 11 is 0. The summed E-state index contributed by atoms with van der Waals surface area (Å²) in [5, 5.41) is 8.59. The summed E-state index contributed by atoms with van der Waals surface area (Å²) in [5.41, 5.74) is 0. The molecule has 0 amide bonds. The molecular formula is C16H31N. The van der Waals surface area contributed by atoms with Crippen LogP contribution in [0.3, 0.4) is 0 Å². The topological polar surface area (TPSA) is 23.8 Å². The lowest BCUT2D eigenvalue weighted by Crippen LogP contribution is -2.01. The maximum Gasteiger partial charge on any atom is 0.0621 e. The lowest BCUT2D eigenvalue weighted by atomic mass is 9.90. The van der Waals surface area contributed by atoms with Crippen molar-refractivity contribution in [3.8, 4) is 6.07 Å². The van der Waals surface area contributed by atoms with Crippen LogP contribution in [-0.2, 0) is 0 Å². The molecule has 0 N–H and O–H groups in total. The molecule has 1 nitrogen and oxygen atoms in total. The van der Waals surface area contributed by atoms with Crippen molar-refractivity contribution in [2.75, 3.05) is 0 Å². The summed E-state index contributed by atoms with van der Waals surface area (Å²) in [4.78, 5) is 0. The third-order valence-electron chi connectivity index (χ3n) is 3.58. The molecule has 0 aromatic heterocycles. The standard InChI is InChI=1S/C16H31N/c1-3-5-7-9-13-16(12-8-6-4-2)14-10-11-15-17/h16H,3-14H2,1-2H3. The molecule has 0 aromatic carbocycles. The number of hydrogen-bond acceptors (Lipinski definition) is 1. The highest BCUT2D eigenvalue weighted by atomic mass is 14.2. The van der Waals surface area contributed by atoms with Gasteiger partial charge in [0.2, 0.25) is 0 Å². The average Bonchev–Trinajstić information content (AvgIpc) is 2.34. The Balaban J connectivity index is 3.64. The molecule has 0 heterocycles. The van der Waals surface area contributed by atoms with Crippen LogP contribution in [0.15, 0.2) is 0 Å². The lowest BCUT2D eigenvalue weighted by molar-refractivity contribution is 0.377. The second-order valence-corrected chi connectivity index (χ2v) is 5.26. The molecule has 0 spiro atoms. The molecule has 0 rings (SSSR count). The van der Waals surface area contributed by atoms with Gasteiger partial charge in [-0.15, -0.1) is 0 Å². The van der Waals surface area contributed by atoms with Gasteiger partial charge in [-0.1, -0.05) is 71.6 Å². The van der Waals surface area contributed by atoms with Crippen LogP contribution in [0.5, 0.6) is 0 Å². The van der Waals surface area contributed by atoms with E-state index in [1.807, 2.05) is 0 Å². The average molecular weight is 237 g/mol. The first kappa shape index (κ1) is 16.5. The minimum Gasteiger partial charge on any atom is -0.198 e. The molecule has 0 saturated carbocycles. The Morgan fingerprint density at radius 1 is 0.765 bits per heavy atom. The van der Waals surface area contributed by atoms with Crippen molar-refractivity contribution in [2.24, 2.45) is 5.92 Å². The molecule has 0 radical (unpaired) electrons. The van der Waals surface area contributed by atoms with Crippen molar-refractivity contribution in [3.63, 3.8) is 0 Å². The number of nitrogens with zero attached hydrogens (tertiary/aromatic N) is 1. The van der Waals surface area contributed by atoms with Gasteiger partial charge in [-0.05, 0) is 18.8 Å². The van der Waals surface area contributed by atoms with Crippen molar-refractivity contribution in [1.29, 1.82) is 5.26 Å². The fourth-order valence-electron chi connectivity index (χ4n) is 2.45. The summed E-state index contributed by atoms with van der Waals surface area (Å²) in [6.07, 6.45) is 15.5. The van der Waals surface area contributed by atoms with Gasteiger partial charge in [0.25, 0.3) is 0 Å². The highest BCUT2D eigenvalue weighted by Crippen LogP contribution is 2.23. The summed E-state index contributed by atoms with van der Waals surface area (Å²) in [6.45, 7) is 4.54. The first-order valence-electron chi connectivity index (χ1n) is 7.72. The maximum absolute atomic E-state index is 8.59.